The third kappa shape index (κ3) is 3.88. The van der Waals surface area contributed by atoms with Gasteiger partial charge in [0.2, 0.25) is 0 Å². The molecule has 28 heavy (non-hydrogen) atoms. The molecule has 5 nitrogen and oxygen atoms in total. The zero-order valence-electron chi connectivity index (χ0n) is 17.5. The summed E-state index contributed by atoms with van der Waals surface area (Å²) >= 11 is 0. The molecule has 0 aliphatic carbocycles. The van der Waals surface area contributed by atoms with Crippen LogP contribution in [-0.2, 0) is 6.42 Å². The van der Waals surface area contributed by atoms with E-state index in [9.17, 15) is 9.59 Å². The average Bonchev–Trinajstić information content (AvgIpc) is 3.07. The number of fused-ring (bicyclic) bond motifs is 1. The Bertz CT molecular complexity index is 921. The molecule has 0 unspecified atom stereocenters. The normalized spacial score (nSPS) is 12.9. The van der Waals surface area contributed by atoms with Crippen molar-refractivity contribution in [2.75, 3.05) is 6.61 Å². The van der Waals surface area contributed by atoms with Gasteiger partial charge in [-0.15, -0.1) is 0 Å². The van der Waals surface area contributed by atoms with Crippen molar-refractivity contribution in [3.63, 3.8) is 0 Å². The Hall–Kier alpha value is -2.82. The summed E-state index contributed by atoms with van der Waals surface area (Å²) in [5, 5.41) is 1.42. The molecule has 1 aliphatic rings. The van der Waals surface area contributed by atoms with E-state index in [4.69, 9.17) is 4.74 Å². The molecule has 2 aromatic carbocycles. The van der Waals surface area contributed by atoms with Crippen LogP contribution < -0.4 is 10.2 Å². The molecule has 1 aliphatic heterocycles. The minimum Gasteiger partial charge on any atom is -0.493 e. The maximum Gasteiger partial charge on any atom is 0.272 e. The number of ether oxygens (including phenoxy) is 1. The predicted molar refractivity (Wildman–Crippen MR) is 110 cm³/mol. The Morgan fingerprint density at radius 3 is 2.29 bits per heavy atom. The van der Waals surface area contributed by atoms with Crippen molar-refractivity contribution < 1.29 is 14.3 Å². The molecular formula is C23H28N2O3. The monoisotopic (exact) mass is 380 g/mol. The van der Waals surface area contributed by atoms with Gasteiger partial charge in [-0.3, -0.25) is 15.0 Å². The summed E-state index contributed by atoms with van der Waals surface area (Å²) in [7, 11) is 0. The second-order valence-corrected chi connectivity index (χ2v) is 8.44. The van der Waals surface area contributed by atoms with E-state index in [-0.39, 0.29) is 11.8 Å². The van der Waals surface area contributed by atoms with Gasteiger partial charge in [-0.1, -0.05) is 17.2 Å². The van der Waals surface area contributed by atoms with E-state index in [1.165, 1.54) is 5.01 Å². The van der Waals surface area contributed by atoms with Gasteiger partial charge in [-0.05, 0) is 71.4 Å². The molecule has 2 amide bonds. The molecule has 1 N–H and O–H groups in total. The third-order valence-electron chi connectivity index (χ3n) is 4.97. The fourth-order valence-corrected chi connectivity index (χ4v) is 3.60. The molecule has 3 rings (SSSR count). The lowest BCUT2D eigenvalue weighted by Gasteiger charge is -2.35. The van der Waals surface area contributed by atoms with Crippen LogP contribution in [0.3, 0.4) is 0 Å². The van der Waals surface area contributed by atoms with Crippen LogP contribution in [0.1, 0.15) is 63.7 Å². The standard InChI is InChI=1S/C23H28N2O3/c1-14-11-15(2)13-17(12-14)22(27)25(23(4,5)6)24-21(26)19-7-8-20-18(16(19)3)9-10-28-20/h7-8,11-13H,9-10H2,1-6H3,(H,24,26). The summed E-state index contributed by atoms with van der Waals surface area (Å²) in [6.45, 7) is 12.2. The van der Waals surface area contributed by atoms with Crippen LogP contribution >= 0.6 is 0 Å². The van der Waals surface area contributed by atoms with Gasteiger partial charge in [0.25, 0.3) is 11.8 Å². The second-order valence-electron chi connectivity index (χ2n) is 8.44. The number of carbonyl (C=O) groups is 2. The van der Waals surface area contributed by atoms with Gasteiger partial charge in [0, 0.05) is 23.1 Å². The first-order valence-electron chi connectivity index (χ1n) is 9.57. The zero-order valence-corrected chi connectivity index (χ0v) is 17.5. The highest BCUT2D eigenvalue weighted by Crippen LogP contribution is 2.30. The number of hydrogen-bond acceptors (Lipinski definition) is 3. The summed E-state index contributed by atoms with van der Waals surface area (Å²) in [6.07, 6.45) is 0.798. The lowest BCUT2D eigenvalue weighted by atomic mass is 10.00. The Balaban J connectivity index is 1.91. The van der Waals surface area contributed by atoms with E-state index in [2.05, 4.69) is 5.43 Å². The van der Waals surface area contributed by atoms with Gasteiger partial charge in [0.15, 0.2) is 0 Å². The fraction of sp³-hybridized carbons (Fsp3) is 0.391. The quantitative estimate of drug-likeness (QED) is 0.797. The van der Waals surface area contributed by atoms with Gasteiger partial charge < -0.3 is 4.74 Å². The topological polar surface area (TPSA) is 58.6 Å². The third-order valence-corrected chi connectivity index (χ3v) is 4.97. The maximum absolute atomic E-state index is 13.2. The Kier molecular flexibility index (Phi) is 5.20. The SMILES string of the molecule is Cc1cc(C)cc(C(=O)N(NC(=O)c2ccc3c(c2C)CCO3)C(C)(C)C)c1. The number of hydrazine groups is 1. The summed E-state index contributed by atoms with van der Waals surface area (Å²) in [6, 6.07) is 9.30. The van der Waals surface area contributed by atoms with E-state index in [0.29, 0.717) is 17.7 Å². The lowest BCUT2D eigenvalue weighted by molar-refractivity contribution is 0.0358. The van der Waals surface area contributed by atoms with E-state index < -0.39 is 5.54 Å². The summed E-state index contributed by atoms with van der Waals surface area (Å²) in [4.78, 5) is 26.3. The van der Waals surface area contributed by atoms with Gasteiger partial charge >= 0.3 is 0 Å². The van der Waals surface area contributed by atoms with Crippen LogP contribution in [0.5, 0.6) is 5.75 Å². The molecule has 0 atom stereocenters. The average molecular weight is 380 g/mol. The molecule has 0 radical (unpaired) electrons. The van der Waals surface area contributed by atoms with Crippen LogP contribution in [0.25, 0.3) is 0 Å². The smallest absolute Gasteiger partial charge is 0.272 e. The summed E-state index contributed by atoms with van der Waals surface area (Å²) in [5.74, 6) is 0.322. The summed E-state index contributed by atoms with van der Waals surface area (Å²) in [5.41, 5.74) is 7.38. The van der Waals surface area contributed by atoms with Crippen LogP contribution in [-0.4, -0.2) is 29.0 Å². The van der Waals surface area contributed by atoms with E-state index >= 15 is 0 Å². The molecule has 0 aromatic heterocycles. The highest BCUT2D eigenvalue weighted by molar-refractivity contribution is 6.00. The first-order valence-corrected chi connectivity index (χ1v) is 9.57. The van der Waals surface area contributed by atoms with E-state index in [1.54, 1.807) is 6.07 Å². The first-order chi connectivity index (χ1) is 13.1. The minimum atomic E-state index is -0.585. The molecule has 148 valence electrons. The molecule has 0 bridgehead atoms. The number of amides is 2. The van der Waals surface area contributed by atoms with E-state index in [0.717, 1.165) is 34.4 Å². The Morgan fingerprint density at radius 2 is 1.68 bits per heavy atom. The number of nitrogens with one attached hydrogen (secondary N) is 1. The number of nitrogens with zero attached hydrogens (tertiary/aromatic N) is 1. The highest BCUT2D eigenvalue weighted by Gasteiger charge is 2.31. The predicted octanol–water partition coefficient (Wildman–Crippen LogP) is 4.13. The van der Waals surface area contributed by atoms with Crippen molar-refractivity contribution in [3.05, 3.63) is 63.7 Å². The van der Waals surface area contributed by atoms with Crippen molar-refractivity contribution in [3.8, 4) is 5.75 Å². The number of benzene rings is 2. The molecule has 0 spiro atoms. The molecule has 0 saturated heterocycles. The Labute approximate surface area is 166 Å². The van der Waals surface area contributed by atoms with Crippen LogP contribution in [0, 0.1) is 20.8 Å². The molecule has 5 heteroatoms. The van der Waals surface area contributed by atoms with Crippen molar-refractivity contribution in [2.45, 2.75) is 53.5 Å². The number of hydrogen-bond donors (Lipinski definition) is 1. The zero-order chi connectivity index (χ0) is 20.6. The number of aryl methyl sites for hydroxylation is 2. The molecule has 0 saturated carbocycles. The van der Waals surface area contributed by atoms with Crippen molar-refractivity contribution in [1.29, 1.82) is 0 Å². The lowest BCUT2D eigenvalue weighted by Crippen LogP contribution is -2.56. The fourth-order valence-electron chi connectivity index (χ4n) is 3.60. The van der Waals surface area contributed by atoms with E-state index in [1.807, 2.05) is 65.8 Å². The molecular weight excluding hydrogens is 352 g/mol. The minimum absolute atomic E-state index is 0.227. The number of carbonyl (C=O) groups excluding carboxylic acids is 2. The first kappa shape index (κ1) is 19.9. The number of rotatable bonds is 2. The highest BCUT2D eigenvalue weighted by atomic mass is 16.5. The van der Waals surface area contributed by atoms with Crippen LogP contribution in [0.2, 0.25) is 0 Å². The Morgan fingerprint density at radius 1 is 1.04 bits per heavy atom. The molecule has 0 fully saturated rings. The summed E-state index contributed by atoms with van der Waals surface area (Å²) < 4.78 is 5.57. The largest absolute Gasteiger partial charge is 0.493 e. The van der Waals surface area contributed by atoms with Crippen molar-refractivity contribution in [2.24, 2.45) is 0 Å². The van der Waals surface area contributed by atoms with Gasteiger partial charge in [0.1, 0.15) is 5.75 Å². The van der Waals surface area contributed by atoms with Gasteiger partial charge in [-0.2, -0.15) is 0 Å². The van der Waals surface area contributed by atoms with Crippen molar-refractivity contribution >= 4 is 11.8 Å². The maximum atomic E-state index is 13.2. The van der Waals surface area contributed by atoms with Crippen LogP contribution in [0.15, 0.2) is 30.3 Å². The van der Waals surface area contributed by atoms with Crippen LogP contribution in [0.4, 0.5) is 0 Å². The van der Waals surface area contributed by atoms with Crippen molar-refractivity contribution in [1.82, 2.24) is 10.4 Å². The molecule has 2 aromatic rings. The second kappa shape index (κ2) is 7.30. The molecule has 1 heterocycles. The van der Waals surface area contributed by atoms with Gasteiger partial charge in [0.05, 0.1) is 12.1 Å². The van der Waals surface area contributed by atoms with Gasteiger partial charge in [-0.25, -0.2) is 5.01 Å².